The van der Waals surface area contributed by atoms with Crippen LogP contribution in [-0.2, 0) is 0 Å². The summed E-state index contributed by atoms with van der Waals surface area (Å²) in [6.07, 6.45) is 5.28. The van der Waals surface area contributed by atoms with Crippen molar-refractivity contribution in [2.75, 3.05) is 31.1 Å². The molecule has 0 saturated carbocycles. The molecule has 0 radical (unpaired) electrons. The number of hydrogen-bond acceptors (Lipinski definition) is 3. The first-order valence-corrected chi connectivity index (χ1v) is 8.52. The number of hydrogen-bond donors (Lipinski definition) is 1. The Labute approximate surface area is 112 Å². The maximum atomic E-state index is 3.69. The monoisotopic (exact) mass is 258 g/mol. The lowest BCUT2D eigenvalue weighted by molar-refractivity contribution is 0.121. The van der Waals surface area contributed by atoms with Crippen LogP contribution in [0, 0.1) is 0 Å². The van der Waals surface area contributed by atoms with E-state index >= 15 is 0 Å². The molecular weight excluding hydrogens is 228 g/mol. The van der Waals surface area contributed by atoms with E-state index in [1.54, 1.807) is 0 Å². The summed E-state index contributed by atoms with van der Waals surface area (Å²) in [6.45, 7) is 10.6. The van der Waals surface area contributed by atoms with Crippen molar-refractivity contribution in [1.29, 1.82) is 0 Å². The fourth-order valence-electron chi connectivity index (χ4n) is 2.61. The molecule has 2 nitrogen and oxygen atoms in total. The van der Waals surface area contributed by atoms with Crippen LogP contribution in [0.25, 0.3) is 0 Å². The van der Waals surface area contributed by atoms with Crippen LogP contribution in [0.15, 0.2) is 0 Å². The van der Waals surface area contributed by atoms with Crippen LogP contribution < -0.4 is 5.32 Å². The zero-order valence-electron chi connectivity index (χ0n) is 11.9. The standard InChI is InChI=1S/C14H30N2S/c1-4-8-14-11-15-13(5-2)12-16(14)9-7-10-17-6-3/h13-15H,4-12H2,1-3H3. The Kier molecular flexibility index (Phi) is 8.33. The van der Waals surface area contributed by atoms with Gasteiger partial charge in [-0.2, -0.15) is 11.8 Å². The summed E-state index contributed by atoms with van der Waals surface area (Å²) in [4.78, 5) is 2.74. The average Bonchev–Trinajstić information content (AvgIpc) is 2.36. The zero-order valence-corrected chi connectivity index (χ0v) is 12.7. The Bertz CT molecular complexity index is 187. The normalized spacial score (nSPS) is 26.3. The van der Waals surface area contributed by atoms with Gasteiger partial charge in [-0.15, -0.1) is 0 Å². The van der Waals surface area contributed by atoms with Crippen LogP contribution in [-0.4, -0.2) is 48.1 Å². The minimum absolute atomic E-state index is 0.724. The molecule has 0 aromatic heterocycles. The molecule has 1 aliphatic rings. The molecule has 0 aromatic rings. The molecule has 3 heteroatoms. The van der Waals surface area contributed by atoms with Crippen molar-refractivity contribution < 1.29 is 0 Å². The number of nitrogens with zero attached hydrogens (tertiary/aromatic N) is 1. The summed E-state index contributed by atoms with van der Waals surface area (Å²) in [5, 5.41) is 3.69. The summed E-state index contributed by atoms with van der Waals surface area (Å²) in [5.74, 6) is 2.59. The maximum absolute atomic E-state index is 3.69. The Morgan fingerprint density at radius 2 is 2.12 bits per heavy atom. The minimum atomic E-state index is 0.724. The topological polar surface area (TPSA) is 15.3 Å². The van der Waals surface area contributed by atoms with Crippen LogP contribution in [0.4, 0.5) is 0 Å². The van der Waals surface area contributed by atoms with Crippen LogP contribution in [0.5, 0.6) is 0 Å². The number of piperazine rings is 1. The number of nitrogens with one attached hydrogen (secondary N) is 1. The molecule has 0 bridgehead atoms. The number of thioether (sulfide) groups is 1. The fourth-order valence-corrected chi connectivity index (χ4v) is 3.23. The van der Waals surface area contributed by atoms with E-state index in [1.807, 2.05) is 0 Å². The molecule has 1 saturated heterocycles. The van der Waals surface area contributed by atoms with E-state index in [2.05, 4.69) is 42.7 Å². The van der Waals surface area contributed by atoms with E-state index in [4.69, 9.17) is 0 Å². The van der Waals surface area contributed by atoms with Gasteiger partial charge in [0.15, 0.2) is 0 Å². The molecule has 0 spiro atoms. The summed E-state index contributed by atoms with van der Waals surface area (Å²) >= 11 is 2.08. The smallest absolute Gasteiger partial charge is 0.0221 e. The molecule has 2 atom stereocenters. The van der Waals surface area contributed by atoms with Crippen LogP contribution in [0.2, 0.25) is 0 Å². The maximum Gasteiger partial charge on any atom is 0.0221 e. The van der Waals surface area contributed by atoms with E-state index in [0.29, 0.717) is 0 Å². The van der Waals surface area contributed by atoms with Crippen molar-refractivity contribution in [3.8, 4) is 0 Å². The highest BCUT2D eigenvalue weighted by Crippen LogP contribution is 2.15. The zero-order chi connectivity index (χ0) is 12.5. The third kappa shape index (κ3) is 5.62. The quantitative estimate of drug-likeness (QED) is 0.674. The van der Waals surface area contributed by atoms with Gasteiger partial charge in [-0.05, 0) is 37.3 Å². The largest absolute Gasteiger partial charge is 0.311 e. The minimum Gasteiger partial charge on any atom is -0.311 e. The lowest BCUT2D eigenvalue weighted by atomic mass is 10.0. The first-order valence-electron chi connectivity index (χ1n) is 7.36. The van der Waals surface area contributed by atoms with Crippen molar-refractivity contribution >= 4 is 11.8 Å². The van der Waals surface area contributed by atoms with Crippen LogP contribution in [0.1, 0.15) is 46.5 Å². The van der Waals surface area contributed by atoms with Crippen molar-refractivity contribution in [2.45, 2.75) is 58.5 Å². The molecule has 102 valence electrons. The van der Waals surface area contributed by atoms with E-state index in [-0.39, 0.29) is 0 Å². The van der Waals surface area contributed by atoms with E-state index in [0.717, 1.165) is 12.1 Å². The summed E-state index contributed by atoms with van der Waals surface area (Å²) in [7, 11) is 0. The van der Waals surface area contributed by atoms with Gasteiger partial charge in [-0.25, -0.2) is 0 Å². The van der Waals surface area contributed by atoms with Gasteiger partial charge in [0.2, 0.25) is 0 Å². The lowest BCUT2D eigenvalue weighted by Crippen LogP contribution is -2.56. The van der Waals surface area contributed by atoms with Gasteiger partial charge < -0.3 is 5.32 Å². The molecule has 1 fully saturated rings. The molecular formula is C14H30N2S. The molecule has 1 heterocycles. The lowest BCUT2D eigenvalue weighted by Gasteiger charge is -2.40. The van der Waals surface area contributed by atoms with Crippen LogP contribution >= 0.6 is 11.8 Å². The molecule has 0 amide bonds. The third-order valence-corrected chi connectivity index (χ3v) is 4.65. The predicted octanol–water partition coefficient (Wildman–Crippen LogP) is 2.98. The Morgan fingerprint density at radius 3 is 2.76 bits per heavy atom. The molecule has 1 N–H and O–H groups in total. The van der Waals surface area contributed by atoms with Gasteiger partial charge in [0.05, 0.1) is 0 Å². The van der Waals surface area contributed by atoms with E-state index in [1.165, 1.54) is 56.8 Å². The molecule has 0 aromatic carbocycles. The highest BCUT2D eigenvalue weighted by atomic mass is 32.2. The van der Waals surface area contributed by atoms with Gasteiger partial charge in [0.1, 0.15) is 0 Å². The highest BCUT2D eigenvalue weighted by molar-refractivity contribution is 7.99. The Balaban J connectivity index is 2.32. The predicted molar refractivity (Wildman–Crippen MR) is 80.0 cm³/mol. The summed E-state index contributed by atoms with van der Waals surface area (Å²) < 4.78 is 0. The molecule has 1 rings (SSSR count). The van der Waals surface area contributed by atoms with Crippen LogP contribution in [0.3, 0.4) is 0 Å². The SMILES string of the molecule is CCCC1CNC(CC)CN1CCCSCC. The van der Waals surface area contributed by atoms with E-state index in [9.17, 15) is 0 Å². The van der Waals surface area contributed by atoms with Gasteiger partial charge in [0, 0.05) is 25.2 Å². The highest BCUT2D eigenvalue weighted by Gasteiger charge is 2.25. The average molecular weight is 258 g/mol. The first-order chi connectivity index (χ1) is 8.31. The Morgan fingerprint density at radius 1 is 1.29 bits per heavy atom. The first kappa shape index (κ1) is 15.3. The van der Waals surface area contributed by atoms with Gasteiger partial charge in [-0.1, -0.05) is 27.2 Å². The van der Waals surface area contributed by atoms with Gasteiger partial charge >= 0.3 is 0 Å². The molecule has 2 unspecified atom stereocenters. The summed E-state index contributed by atoms with van der Waals surface area (Å²) in [5.41, 5.74) is 0. The van der Waals surface area contributed by atoms with Crippen molar-refractivity contribution in [3.05, 3.63) is 0 Å². The summed E-state index contributed by atoms with van der Waals surface area (Å²) in [6, 6.07) is 1.51. The van der Waals surface area contributed by atoms with Crippen molar-refractivity contribution in [1.82, 2.24) is 10.2 Å². The third-order valence-electron chi connectivity index (χ3n) is 3.67. The van der Waals surface area contributed by atoms with Crippen molar-refractivity contribution in [3.63, 3.8) is 0 Å². The van der Waals surface area contributed by atoms with E-state index < -0.39 is 0 Å². The molecule has 1 aliphatic heterocycles. The van der Waals surface area contributed by atoms with Crippen molar-refractivity contribution in [2.24, 2.45) is 0 Å². The van der Waals surface area contributed by atoms with Gasteiger partial charge in [-0.3, -0.25) is 4.90 Å². The molecule has 0 aliphatic carbocycles. The second-order valence-corrected chi connectivity index (χ2v) is 6.40. The second kappa shape index (κ2) is 9.23. The number of rotatable bonds is 8. The molecule has 17 heavy (non-hydrogen) atoms. The second-order valence-electron chi connectivity index (χ2n) is 5.00. The Hall–Kier alpha value is 0.270. The van der Waals surface area contributed by atoms with Gasteiger partial charge in [0.25, 0.3) is 0 Å². The fraction of sp³-hybridized carbons (Fsp3) is 1.00.